The molecule has 0 saturated carbocycles. The third-order valence-electron chi connectivity index (χ3n) is 4.17. The topological polar surface area (TPSA) is 64.1 Å². The molecule has 0 saturated heterocycles. The van der Waals surface area contributed by atoms with Gasteiger partial charge in [0.15, 0.2) is 0 Å². The summed E-state index contributed by atoms with van der Waals surface area (Å²) in [4.78, 5) is 20.9. The Balaban J connectivity index is 1.35. The van der Waals surface area contributed by atoms with Crippen LogP contribution in [0.1, 0.15) is 24.1 Å². The van der Waals surface area contributed by atoms with Crippen LogP contribution in [0.5, 0.6) is 5.75 Å². The Bertz CT molecular complexity index is 847. The number of methoxy groups -OCH3 is 1. The predicted octanol–water partition coefficient (Wildman–Crippen LogP) is 3.90. The number of ether oxygens (including phenoxy) is 1. The van der Waals surface area contributed by atoms with Gasteiger partial charge in [-0.3, -0.25) is 9.78 Å². The number of thiazole rings is 1. The maximum atomic E-state index is 12.0. The van der Waals surface area contributed by atoms with Crippen molar-refractivity contribution in [2.45, 2.75) is 25.7 Å². The van der Waals surface area contributed by atoms with Crippen LogP contribution in [0.25, 0.3) is 10.7 Å². The second kappa shape index (κ2) is 9.83. The van der Waals surface area contributed by atoms with Crippen LogP contribution in [0.15, 0.2) is 54.0 Å². The molecular formula is C21H23N3O2S. The molecule has 2 aromatic heterocycles. The summed E-state index contributed by atoms with van der Waals surface area (Å²) in [6.07, 6.45) is 4.71. The van der Waals surface area contributed by atoms with E-state index in [0.717, 1.165) is 35.0 Å². The summed E-state index contributed by atoms with van der Waals surface area (Å²) in [6, 6.07) is 13.8. The van der Waals surface area contributed by atoms with Crippen molar-refractivity contribution in [1.29, 1.82) is 0 Å². The van der Waals surface area contributed by atoms with Gasteiger partial charge in [0.1, 0.15) is 10.8 Å². The van der Waals surface area contributed by atoms with Crippen LogP contribution < -0.4 is 10.1 Å². The van der Waals surface area contributed by atoms with Crippen LogP contribution in [0.4, 0.5) is 0 Å². The number of hydrogen-bond acceptors (Lipinski definition) is 5. The Kier molecular flexibility index (Phi) is 6.93. The molecule has 0 unspecified atom stereocenters. The van der Waals surface area contributed by atoms with Crippen LogP contribution in [-0.4, -0.2) is 29.5 Å². The SMILES string of the molecule is COc1ccc(CCCNC(=O)CCc2csc(-c3ccccn3)n2)cc1. The number of nitrogens with zero attached hydrogens (tertiary/aromatic N) is 2. The van der Waals surface area contributed by atoms with Crippen LogP contribution in [-0.2, 0) is 17.6 Å². The molecule has 3 aromatic rings. The molecule has 1 N–H and O–H groups in total. The maximum absolute atomic E-state index is 12.0. The van der Waals surface area contributed by atoms with Crippen molar-refractivity contribution >= 4 is 17.2 Å². The van der Waals surface area contributed by atoms with E-state index in [4.69, 9.17) is 4.74 Å². The second-order valence-electron chi connectivity index (χ2n) is 6.16. The Morgan fingerprint density at radius 1 is 1.15 bits per heavy atom. The van der Waals surface area contributed by atoms with Gasteiger partial charge in [0, 0.05) is 24.5 Å². The summed E-state index contributed by atoms with van der Waals surface area (Å²) in [7, 11) is 1.66. The molecule has 0 aliphatic heterocycles. The van der Waals surface area contributed by atoms with E-state index in [-0.39, 0.29) is 5.91 Å². The van der Waals surface area contributed by atoms with E-state index in [1.165, 1.54) is 5.56 Å². The first-order chi connectivity index (χ1) is 13.2. The fraction of sp³-hybridized carbons (Fsp3) is 0.286. The molecule has 6 heteroatoms. The minimum atomic E-state index is 0.0668. The molecule has 0 fully saturated rings. The van der Waals surface area contributed by atoms with E-state index in [9.17, 15) is 4.79 Å². The van der Waals surface area contributed by atoms with Gasteiger partial charge in [0.05, 0.1) is 18.5 Å². The highest BCUT2D eigenvalue weighted by molar-refractivity contribution is 7.13. The molecule has 27 heavy (non-hydrogen) atoms. The average Bonchev–Trinajstić information content (AvgIpc) is 3.20. The highest BCUT2D eigenvalue weighted by Crippen LogP contribution is 2.21. The van der Waals surface area contributed by atoms with E-state index in [2.05, 4.69) is 27.4 Å². The lowest BCUT2D eigenvalue weighted by Crippen LogP contribution is -2.25. The molecule has 0 aliphatic rings. The van der Waals surface area contributed by atoms with Crippen LogP contribution >= 0.6 is 11.3 Å². The quantitative estimate of drug-likeness (QED) is 0.571. The highest BCUT2D eigenvalue weighted by atomic mass is 32.1. The summed E-state index contributed by atoms with van der Waals surface area (Å²) >= 11 is 1.56. The summed E-state index contributed by atoms with van der Waals surface area (Å²) < 4.78 is 5.15. The van der Waals surface area contributed by atoms with Gasteiger partial charge in [-0.25, -0.2) is 4.98 Å². The Labute approximate surface area is 163 Å². The van der Waals surface area contributed by atoms with Crippen LogP contribution in [0, 0.1) is 0 Å². The third kappa shape index (κ3) is 5.89. The fourth-order valence-electron chi connectivity index (χ4n) is 2.67. The number of pyridine rings is 1. The largest absolute Gasteiger partial charge is 0.497 e. The van der Waals surface area contributed by atoms with Crippen molar-refractivity contribution < 1.29 is 9.53 Å². The number of carbonyl (C=O) groups is 1. The van der Waals surface area contributed by atoms with Crippen molar-refractivity contribution in [3.63, 3.8) is 0 Å². The van der Waals surface area contributed by atoms with E-state index >= 15 is 0 Å². The number of hydrogen-bond donors (Lipinski definition) is 1. The average molecular weight is 382 g/mol. The zero-order valence-corrected chi connectivity index (χ0v) is 16.2. The monoisotopic (exact) mass is 381 g/mol. The zero-order chi connectivity index (χ0) is 18.9. The Morgan fingerprint density at radius 2 is 2.00 bits per heavy atom. The van der Waals surface area contributed by atoms with Gasteiger partial charge in [0.25, 0.3) is 0 Å². The molecule has 5 nitrogen and oxygen atoms in total. The number of aromatic nitrogens is 2. The molecule has 2 heterocycles. The first-order valence-electron chi connectivity index (χ1n) is 9.00. The zero-order valence-electron chi connectivity index (χ0n) is 15.4. The van der Waals surface area contributed by atoms with Gasteiger partial charge < -0.3 is 10.1 Å². The minimum Gasteiger partial charge on any atom is -0.497 e. The van der Waals surface area contributed by atoms with E-state index in [1.54, 1.807) is 24.6 Å². The van der Waals surface area contributed by atoms with Crippen molar-refractivity contribution in [2.24, 2.45) is 0 Å². The predicted molar refractivity (Wildman–Crippen MR) is 108 cm³/mol. The Hall–Kier alpha value is -2.73. The van der Waals surface area contributed by atoms with E-state index in [1.807, 2.05) is 35.7 Å². The van der Waals surface area contributed by atoms with Crippen molar-refractivity contribution in [3.8, 4) is 16.5 Å². The Morgan fingerprint density at radius 3 is 2.74 bits per heavy atom. The van der Waals surface area contributed by atoms with Gasteiger partial charge in [-0.05, 0) is 49.1 Å². The van der Waals surface area contributed by atoms with Crippen LogP contribution in [0.2, 0.25) is 0 Å². The van der Waals surface area contributed by atoms with Crippen LogP contribution in [0.3, 0.4) is 0 Å². The molecule has 0 radical (unpaired) electrons. The fourth-order valence-corrected chi connectivity index (χ4v) is 3.50. The third-order valence-corrected chi connectivity index (χ3v) is 5.08. The highest BCUT2D eigenvalue weighted by Gasteiger charge is 2.08. The maximum Gasteiger partial charge on any atom is 0.220 e. The van der Waals surface area contributed by atoms with Gasteiger partial charge in [0.2, 0.25) is 5.91 Å². The van der Waals surface area contributed by atoms with Crippen molar-refractivity contribution in [2.75, 3.05) is 13.7 Å². The lowest BCUT2D eigenvalue weighted by Gasteiger charge is -2.06. The molecule has 0 aliphatic carbocycles. The normalized spacial score (nSPS) is 10.6. The summed E-state index contributed by atoms with van der Waals surface area (Å²) in [5.74, 6) is 0.928. The first kappa shape index (κ1) is 19.0. The summed E-state index contributed by atoms with van der Waals surface area (Å²) in [6.45, 7) is 0.682. The number of amides is 1. The molecule has 0 spiro atoms. The number of aryl methyl sites for hydroxylation is 2. The molecular weight excluding hydrogens is 358 g/mol. The molecule has 140 valence electrons. The summed E-state index contributed by atoms with van der Waals surface area (Å²) in [5, 5.41) is 5.88. The number of benzene rings is 1. The number of rotatable bonds is 9. The molecule has 0 bridgehead atoms. The van der Waals surface area contributed by atoms with Crippen molar-refractivity contribution in [3.05, 3.63) is 65.3 Å². The van der Waals surface area contributed by atoms with E-state index < -0.39 is 0 Å². The van der Waals surface area contributed by atoms with Gasteiger partial charge in [-0.15, -0.1) is 11.3 Å². The van der Waals surface area contributed by atoms with Gasteiger partial charge >= 0.3 is 0 Å². The van der Waals surface area contributed by atoms with Gasteiger partial charge in [-0.2, -0.15) is 0 Å². The molecule has 1 aromatic carbocycles. The number of nitrogens with one attached hydrogen (secondary N) is 1. The lowest BCUT2D eigenvalue weighted by molar-refractivity contribution is -0.121. The first-order valence-corrected chi connectivity index (χ1v) is 9.88. The second-order valence-corrected chi connectivity index (χ2v) is 7.02. The smallest absolute Gasteiger partial charge is 0.220 e. The van der Waals surface area contributed by atoms with Gasteiger partial charge in [-0.1, -0.05) is 18.2 Å². The molecule has 0 atom stereocenters. The van der Waals surface area contributed by atoms with Crippen molar-refractivity contribution in [1.82, 2.24) is 15.3 Å². The minimum absolute atomic E-state index is 0.0668. The standard InChI is InChI=1S/C21H23N3O2S/c1-26-18-10-7-16(8-11-18)5-4-14-23-20(25)12-9-17-15-27-21(24-17)19-6-2-3-13-22-19/h2-3,6-8,10-11,13,15H,4-5,9,12,14H2,1H3,(H,23,25). The number of carbonyl (C=O) groups excluding carboxylic acids is 1. The molecule has 3 rings (SSSR count). The lowest BCUT2D eigenvalue weighted by atomic mass is 10.1. The van der Waals surface area contributed by atoms with E-state index in [0.29, 0.717) is 19.4 Å². The molecule has 1 amide bonds. The summed E-state index contributed by atoms with van der Waals surface area (Å²) in [5.41, 5.74) is 3.06.